The molecule has 0 amide bonds. The zero-order valence-electron chi connectivity index (χ0n) is 10.3. The number of hydrogen-bond donors (Lipinski definition) is 1. The molecule has 2 rings (SSSR count). The van der Waals surface area contributed by atoms with Gasteiger partial charge in [0.15, 0.2) is 0 Å². The van der Waals surface area contributed by atoms with Gasteiger partial charge in [-0.1, -0.05) is 0 Å². The van der Waals surface area contributed by atoms with E-state index in [0.717, 1.165) is 6.54 Å². The highest BCUT2D eigenvalue weighted by Crippen LogP contribution is 2.04. The summed E-state index contributed by atoms with van der Waals surface area (Å²) in [6.45, 7) is 5.24. The van der Waals surface area contributed by atoms with Crippen molar-refractivity contribution in [2.45, 2.75) is 32.3 Å². The van der Waals surface area contributed by atoms with Gasteiger partial charge in [-0.3, -0.25) is 0 Å². The Morgan fingerprint density at radius 1 is 1.47 bits per heavy atom. The first-order chi connectivity index (χ1) is 8.25. The van der Waals surface area contributed by atoms with Crippen LogP contribution in [0.1, 0.15) is 36.7 Å². The first-order valence-corrected chi connectivity index (χ1v) is 6.34. The molecular weight excluding hydrogens is 218 g/mol. The Morgan fingerprint density at radius 2 is 2.24 bits per heavy atom. The fourth-order valence-corrected chi connectivity index (χ4v) is 2.34. The summed E-state index contributed by atoms with van der Waals surface area (Å²) in [4.78, 5) is 13.2. The molecule has 17 heavy (non-hydrogen) atoms. The molecule has 1 N–H and O–H groups in total. The Labute approximate surface area is 102 Å². The number of nitrogens with one attached hydrogen (secondary N) is 1. The molecule has 0 saturated carbocycles. The molecule has 1 saturated heterocycles. The largest absolute Gasteiger partial charge is 0.457 e. The Bertz CT molecular complexity index is 342. The standard InChI is InChI=1S/C13H19NO3/c1-11(10-14-7-3-2-4-8-14)17-13(15)12-6-5-9-16-12/h5-6,9,11H,2-4,7-8,10H2,1H3/p+1. The Kier molecular flexibility index (Phi) is 4.20. The lowest BCUT2D eigenvalue weighted by atomic mass is 10.1. The molecule has 94 valence electrons. The van der Waals surface area contributed by atoms with E-state index in [0.29, 0.717) is 0 Å². The maximum absolute atomic E-state index is 11.6. The van der Waals surface area contributed by atoms with Crippen LogP contribution in [0.3, 0.4) is 0 Å². The van der Waals surface area contributed by atoms with E-state index in [9.17, 15) is 4.79 Å². The van der Waals surface area contributed by atoms with Crippen LogP contribution < -0.4 is 4.90 Å². The van der Waals surface area contributed by atoms with Gasteiger partial charge in [0.2, 0.25) is 5.76 Å². The summed E-state index contributed by atoms with van der Waals surface area (Å²) >= 11 is 0. The Hall–Kier alpha value is -1.29. The molecule has 1 aliphatic heterocycles. The van der Waals surface area contributed by atoms with Gasteiger partial charge in [0.05, 0.1) is 19.4 Å². The van der Waals surface area contributed by atoms with Crippen LogP contribution in [0.25, 0.3) is 0 Å². The van der Waals surface area contributed by atoms with Crippen molar-refractivity contribution in [3.8, 4) is 0 Å². The number of rotatable bonds is 4. The van der Waals surface area contributed by atoms with Gasteiger partial charge in [0.1, 0.15) is 12.6 Å². The van der Waals surface area contributed by atoms with Crippen LogP contribution in [0.5, 0.6) is 0 Å². The number of piperidine rings is 1. The van der Waals surface area contributed by atoms with Crippen molar-refractivity contribution in [3.05, 3.63) is 24.2 Å². The third-order valence-electron chi connectivity index (χ3n) is 3.17. The molecule has 1 fully saturated rings. The van der Waals surface area contributed by atoms with Crippen LogP contribution >= 0.6 is 0 Å². The second-order valence-electron chi connectivity index (χ2n) is 4.71. The molecule has 0 radical (unpaired) electrons. The molecule has 1 atom stereocenters. The highest BCUT2D eigenvalue weighted by Gasteiger charge is 2.20. The van der Waals surface area contributed by atoms with Crippen molar-refractivity contribution in [3.63, 3.8) is 0 Å². The smallest absolute Gasteiger partial charge is 0.374 e. The number of esters is 1. The summed E-state index contributed by atoms with van der Waals surface area (Å²) in [5, 5.41) is 0. The second kappa shape index (κ2) is 5.87. The quantitative estimate of drug-likeness (QED) is 0.792. The lowest BCUT2D eigenvalue weighted by Crippen LogP contribution is -3.13. The van der Waals surface area contributed by atoms with Crippen molar-refractivity contribution in [2.75, 3.05) is 19.6 Å². The van der Waals surface area contributed by atoms with Gasteiger partial charge in [-0.15, -0.1) is 0 Å². The molecule has 0 bridgehead atoms. The van der Waals surface area contributed by atoms with Gasteiger partial charge in [-0.05, 0) is 38.3 Å². The van der Waals surface area contributed by atoms with Crippen molar-refractivity contribution in [2.24, 2.45) is 0 Å². The fourth-order valence-electron chi connectivity index (χ4n) is 2.34. The van der Waals surface area contributed by atoms with Crippen LogP contribution in [-0.4, -0.2) is 31.7 Å². The van der Waals surface area contributed by atoms with E-state index >= 15 is 0 Å². The Morgan fingerprint density at radius 3 is 2.88 bits per heavy atom. The van der Waals surface area contributed by atoms with Gasteiger partial charge >= 0.3 is 5.97 Å². The minimum Gasteiger partial charge on any atom is -0.457 e. The number of quaternary nitrogens is 1. The topological polar surface area (TPSA) is 43.9 Å². The number of likely N-dealkylation sites (tertiary alicyclic amines) is 1. The summed E-state index contributed by atoms with van der Waals surface area (Å²) in [7, 11) is 0. The maximum atomic E-state index is 11.6. The van der Waals surface area contributed by atoms with Gasteiger partial charge in [0, 0.05) is 0 Å². The molecule has 0 spiro atoms. The second-order valence-corrected chi connectivity index (χ2v) is 4.71. The molecule has 4 nitrogen and oxygen atoms in total. The predicted octanol–water partition coefficient (Wildman–Crippen LogP) is 0.894. The van der Waals surface area contributed by atoms with Crippen LogP contribution in [0.2, 0.25) is 0 Å². The molecule has 1 aromatic heterocycles. The molecular formula is C13H20NO3+. The zero-order chi connectivity index (χ0) is 12.1. The van der Waals surface area contributed by atoms with Crippen molar-refractivity contribution in [1.82, 2.24) is 0 Å². The van der Waals surface area contributed by atoms with Crippen LogP contribution in [-0.2, 0) is 4.74 Å². The number of ether oxygens (including phenoxy) is 1. The Balaban J connectivity index is 1.76. The molecule has 4 heteroatoms. The van der Waals surface area contributed by atoms with E-state index in [1.165, 1.54) is 43.5 Å². The molecule has 0 aliphatic carbocycles. The average molecular weight is 238 g/mol. The SMILES string of the molecule is CC(C[NH+]1CCCCC1)OC(=O)c1ccco1. The van der Waals surface area contributed by atoms with Gasteiger partial charge in [0.25, 0.3) is 0 Å². The van der Waals surface area contributed by atoms with E-state index in [4.69, 9.17) is 9.15 Å². The molecule has 0 aromatic carbocycles. The summed E-state index contributed by atoms with van der Waals surface area (Å²) in [6.07, 6.45) is 5.34. The predicted molar refractivity (Wildman–Crippen MR) is 63.0 cm³/mol. The number of furan rings is 1. The van der Waals surface area contributed by atoms with E-state index in [2.05, 4.69) is 0 Å². The molecule has 1 unspecified atom stereocenters. The number of carbonyl (C=O) groups is 1. The minimum atomic E-state index is -0.362. The lowest BCUT2D eigenvalue weighted by molar-refractivity contribution is -0.907. The van der Waals surface area contributed by atoms with Gasteiger partial charge in [-0.25, -0.2) is 4.79 Å². The molecule has 2 heterocycles. The van der Waals surface area contributed by atoms with Crippen LogP contribution in [0.4, 0.5) is 0 Å². The first kappa shape index (κ1) is 12.2. The first-order valence-electron chi connectivity index (χ1n) is 6.34. The van der Waals surface area contributed by atoms with E-state index in [1.807, 2.05) is 6.92 Å². The highest BCUT2D eigenvalue weighted by atomic mass is 16.6. The van der Waals surface area contributed by atoms with E-state index < -0.39 is 0 Å². The third kappa shape index (κ3) is 3.60. The number of hydrogen-bond acceptors (Lipinski definition) is 3. The molecule has 1 aromatic rings. The minimum absolute atomic E-state index is 0.0549. The van der Waals surface area contributed by atoms with Crippen LogP contribution in [0, 0.1) is 0 Å². The summed E-state index contributed by atoms with van der Waals surface area (Å²) in [5.74, 6) is -0.0793. The highest BCUT2D eigenvalue weighted by molar-refractivity contribution is 5.86. The van der Waals surface area contributed by atoms with Crippen molar-refractivity contribution < 1.29 is 18.8 Å². The van der Waals surface area contributed by atoms with E-state index in [1.54, 1.807) is 12.1 Å². The maximum Gasteiger partial charge on any atom is 0.374 e. The lowest BCUT2D eigenvalue weighted by Gasteiger charge is -2.25. The van der Waals surface area contributed by atoms with Crippen molar-refractivity contribution >= 4 is 5.97 Å². The summed E-state index contributed by atoms with van der Waals surface area (Å²) in [5.41, 5.74) is 0. The van der Waals surface area contributed by atoms with Gasteiger partial charge in [-0.2, -0.15) is 0 Å². The van der Waals surface area contributed by atoms with Gasteiger partial charge < -0.3 is 14.1 Å². The van der Waals surface area contributed by atoms with Crippen molar-refractivity contribution in [1.29, 1.82) is 0 Å². The average Bonchev–Trinajstić information content (AvgIpc) is 2.83. The summed E-state index contributed by atoms with van der Waals surface area (Å²) in [6, 6.07) is 3.32. The molecule has 1 aliphatic rings. The zero-order valence-corrected chi connectivity index (χ0v) is 10.3. The normalized spacial score (nSPS) is 18.9. The van der Waals surface area contributed by atoms with Crippen LogP contribution in [0.15, 0.2) is 22.8 Å². The third-order valence-corrected chi connectivity index (χ3v) is 3.17. The monoisotopic (exact) mass is 238 g/mol. The number of carbonyl (C=O) groups excluding carboxylic acids is 1. The van der Waals surface area contributed by atoms with E-state index in [-0.39, 0.29) is 17.8 Å². The fraction of sp³-hybridized carbons (Fsp3) is 0.615. The summed E-state index contributed by atoms with van der Waals surface area (Å²) < 4.78 is 10.3.